The number of aromatic nitrogens is 3. The van der Waals surface area contributed by atoms with E-state index in [-0.39, 0.29) is 18.0 Å². The van der Waals surface area contributed by atoms with Crippen LogP contribution in [0.3, 0.4) is 0 Å². The lowest BCUT2D eigenvalue weighted by Gasteiger charge is -2.08. The molecule has 0 aliphatic carbocycles. The molecule has 0 atom stereocenters. The molecule has 2 aromatic heterocycles. The first-order valence-corrected chi connectivity index (χ1v) is 9.89. The summed E-state index contributed by atoms with van der Waals surface area (Å²) in [5.74, 6) is 0.835. The molecule has 0 saturated carbocycles. The maximum Gasteiger partial charge on any atom is 0.275 e. The molecule has 1 amide bonds. The van der Waals surface area contributed by atoms with E-state index in [1.807, 2.05) is 23.6 Å². The summed E-state index contributed by atoms with van der Waals surface area (Å²) in [6, 6.07) is 12.6. The highest BCUT2D eigenvalue weighted by Crippen LogP contribution is 2.33. The highest BCUT2D eigenvalue weighted by atomic mass is 32.1. The Hall–Kier alpha value is -3.72. The van der Waals surface area contributed by atoms with Gasteiger partial charge < -0.3 is 14.8 Å². The first kappa shape index (κ1) is 19.6. The topological polar surface area (TPSA) is 95.3 Å². The molecular formula is C21H18N4O4S. The van der Waals surface area contributed by atoms with E-state index in [4.69, 9.17) is 9.47 Å². The minimum absolute atomic E-state index is 0.199. The number of hydrogen-bond donors (Lipinski definition) is 1. The molecule has 0 aliphatic rings. The van der Waals surface area contributed by atoms with Gasteiger partial charge in [0.1, 0.15) is 6.54 Å². The second kappa shape index (κ2) is 8.34. The van der Waals surface area contributed by atoms with E-state index in [1.165, 1.54) is 11.3 Å². The molecule has 30 heavy (non-hydrogen) atoms. The van der Waals surface area contributed by atoms with Gasteiger partial charge in [0.25, 0.3) is 5.56 Å². The van der Waals surface area contributed by atoms with Gasteiger partial charge in [0, 0.05) is 16.3 Å². The van der Waals surface area contributed by atoms with Crippen molar-refractivity contribution in [3.05, 3.63) is 64.4 Å². The van der Waals surface area contributed by atoms with Crippen molar-refractivity contribution >= 4 is 33.1 Å². The number of nitrogens with zero attached hydrogens (tertiary/aromatic N) is 3. The van der Waals surface area contributed by atoms with Gasteiger partial charge in [-0.15, -0.1) is 11.3 Å². The molecule has 0 unspecified atom stereocenters. The largest absolute Gasteiger partial charge is 0.493 e. The Morgan fingerprint density at radius 1 is 1.13 bits per heavy atom. The van der Waals surface area contributed by atoms with Crippen LogP contribution in [0.4, 0.5) is 5.13 Å². The van der Waals surface area contributed by atoms with Crippen LogP contribution in [0.2, 0.25) is 0 Å². The molecule has 152 valence electrons. The van der Waals surface area contributed by atoms with Gasteiger partial charge in [0.05, 0.1) is 31.5 Å². The number of benzene rings is 2. The van der Waals surface area contributed by atoms with E-state index < -0.39 is 0 Å². The monoisotopic (exact) mass is 422 g/mol. The molecule has 0 bridgehead atoms. The normalized spacial score (nSPS) is 10.7. The Morgan fingerprint density at radius 3 is 2.73 bits per heavy atom. The number of amides is 1. The lowest BCUT2D eigenvalue weighted by atomic mass is 10.1. The quantitative estimate of drug-likeness (QED) is 0.513. The lowest BCUT2D eigenvalue weighted by molar-refractivity contribution is -0.117. The van der Waals surface area contributed by atoms with Crippen LogP contribution in [0.25, 0.3) is 22.0 Å². The van der Waals surface area contributed by atoms with Gasteiger partial charge in [0.2, 0.25) is 5.91 Å². The first-order chi connectivity index (χ1) is 14.6. The number of carbonyl (C=O) groups excluding carboxylic acids is 1. The molecule has 0 saturated heterocycles. The fourth-order valence-corrected chi connectivity index (χ4v) is 3.73. The summed E-state index contributed by atoms with van der Waals surface area (Å²) in [5, 5.41) is 10.3. The van der Waals surface area contributed by atoms with Crippen molar-refractivity contribution in [2.75, 3.05) is 19.5 Å². The average Bonchev–Trinajstić information content (AvgIpc) is 3.23. The third-order valence-electron chi connectivity index (χ3n) is 4.49. The van der Waals surface area contributed by atoms with Crippen molar-refractivity contribution in [3.8, 4) is 22.8 Å². The van der Waals surface area contributed by atoms with Gasteiger partial charge in [-0.2, -0.15) is 5.10 Å². The maximum atomic E-state index is 12.5. The number of anilines is 1. The van der Waals surface area contributed by atoms with Crippen LogP contribution in [0.1, 0.15) is 0 Å². The van der Waals surface area contributed by atoms with Crippen LogP contribution in [-0.4, -0.2) is 34.9 Å². The van der Waals surface area contributed by atoms with Crippen molar-refractivity contribution in [2.24, 2.45) is 0 Å². The second-order valence-corrected chi connectivity index (χ2v) is 7.21. The number of rotatable bonds is 6. The first-order valence-electron chi connectivity index (χ1n) is 9.01. The van der Waals surface area contributed by atoms with E-state index in [2.05, 4.69) is 15.4 Å². The van der Waals surface area contributed by atoms with Crippen LogP contribution in [0.5, 0.6) is 11.5 Å². The lowest BCUT2D eigenvalue weighted by Crippen LogP contribution is -2.29. The Morgan fingerprint density at radius 2 is 1.93 bits per heavy atom. The number of fused-ring (bicyclic) bond motifs is 1. The van der Waals surface area contributed by atoms with E-state index in [9.17, 15) is 9.59 Å². The number of thiazole rings is 1. The van der Waals surface area contributed by atoms with E-state index in [1.54, 1.807) is 44.7 Å². The molecule has 0 fully saturated rings. The number of methoxy groups -OCH3 is 2. The average molecular weight is 422 g/mol. The molecule has 0 radical (unpaired) electrons. The SMILES string of the molecule is COc1ccc(-c2csc(NC(=O)Cn3ncc4ccccc4c3=O)n2)cc1OC. The smallest absolute Gasteiger partial charge is 0.275 e. The van der Waals surface area contributed by atoms with E-state index >= 15 is 0 Å². The third kappa shape index (κ3) is 3.87. The molecular weight excluding hydrogens is 404 g/mol. The fourth-order valence-electron chi connectivity index (χ4n) is 2.99. The Kier molecular flexibility index (Phi) is 5.44. The van der Waals surface area contributed by atoms with Gasteiger partial charge >= 0.3 is 0 Å². The van der Waals surface area contributed by atoms with Crippen LogP contribution in [0, 0.1) is 0 Å². The molecule has 8 nitrogen and oxygen atoms in total. The van der Waals surface area contributed by atoms with Crippen molar-refractivity contribution < 1.29 is 14.3 Å². The number of ether oxygens (including phenoxy) is 2. The maximum absolute atomic E-state index is 12.5. The summed E-state index contributed by atoms with van der Waals surface area (Å²) >= 11 is 1.29. The molecule has 0 aliphatic heterocycles. The summed E-state index contributed by atoms with van der Waals surface area (Å²) < 4.78 is 11.7. The highest BCUT2D eigenvalue weighted by Gasteiger charge is 2.13. The zero-order valence-electron chi connectivity index (χ0n) is 16.3. The second-order valence-electron chi connectivity index (χ2n) is 6.35. The highest BCUT2D eigenvalue weighted by molar-refractivity contribution is 7.14. The third-order valence-corrected chi connectivity index (χ3v) is 5.24. The molecule has 1 N–H and O–H groups in total. The van der Waals surface area contributed by atoms with Crippen LogP contribution in [0.15, 0.2) is 58.8 Å². The van der Waals surface area contributed by atoms with Crippen molar-refractivity contribution in [2.45, 2.75) is 6.54 Å². The summed E-state index contributed by atoms with van der Waals surface area (Å²) in [5.41, 5.74) is 1.21. The predicted octanol–water partition coefficient (Wildman–Crippen LogP) is 3.18. The van der Waals surface area contributed by atoms with Gasteiger partial charge in [-0.05, 0) is 24.3 Å². The molecule has 2 aromatic carbocycles. The zero-order chi connectivity index (χ0) is 21.1. The van der Waals surface area contributed by atoms with Crippen LogP contribution >= 0.6 is 11.3 Å². The van der Waals surface area contributed by atoms with Crippen molar-refractivity contribution in [1.82, 2.24) is 14.8 Å². The summed E-state index contributed by atoms with van der Waals surface area (Å²) in [4.78, 5) is 29.4. The Labute approximate surface area is 175 Å². The van der Waals surface area contributed by atoms with E-state index in [0.717, 1.165) is 15.6 Å². The standard InChI is InChI=1S/C21H18N4O4S/c1-28-17-8-7-13(9-18(17)29-2)16-12-30-21(23-16)24-19(26)11-25-20(27)15-6-4-3-5-14(15)10-22-25/h3-10,12H,11H2,1-2H3,(H,23,24,26). The van der Waals surface area contributed by atoms with Gasteiger partial charge in [-0.1, -0.05) is 18.2 Å². The Balaban J connectivity index is 1.50. The number of nitrogens with one attached hydrogen (secondary N) is 1. The summed E-state index contributed by atoms with van der Waals surface area (Å²) in [7, 11) is 3.14. The van der Waals surface area contributed by atoms with Crippen molar-refractivity contribution in [1.29, 1.82) is 0 Å². The number of hydrogen-bond acceptors (Lipinski definition) is 7. The molecule has 2 heterocycles. The minimum Gasteiger partial charge on any atom is -0.493 e. The zero-order valence-corrected chi connectivity index (χ0v) is 17.1. The molecule has 4 aromatic rings. The van der Waals surface area contributed by atoms with Crippen LogP contribution in [-0.2, 0) is 11.3 Å². The van der Waals surface area contributed by atoms with Crippen molar-refractivity contribution in [3.63, 3.8) is 0 Å². The molecule has 4 rings (SSSR count). The van der Waals surface area contributed by atoms with Crippen LogP contribution < -0.4 is 20.3 Å². The van der Waals surface area contributed by atoms with E-state index in [0.29, 0.717) is 27.7 Å². The summed E-state index contributed by atoms with van der Waals surface area (Å²) in [6.07, 6.45) is 1.57. The molecule has 0 spiro atoms. The Bertz CT molecular complexity index is 1280. The molecule has 9 heteroatoms. The number of carbonyl (C=O) groups is 1. The predicted molar refractivity (Wildman–Crippen MR) is 115 cm³/mol. The van der Waals surface area contributed by atoms with Gasteiger partial charge in [-0.25, -0.2) is 9.67 Å². The fraction of sp³-hybridized carbons (Fsp3) is 0.143. The minimum atomic E-state index is -0.381. The summed E-state index contributed by atoms with van der Waals surface area (Å²) in [6.45, 7) is -0.199. The van der Waals surface area contributed by atoms with Gasteiger partial charge in [-0.3, -0.25) is 9.59 Å². The van der Waals surface area contributed by atoms with Gasteiger partial charge in [0.15, 0.2) is 16.6 Å².